The fourth-order valence-electron chi connectivity index (χ4n) is 3.32. The van der Waals surface area contributed by atoms with Gasteiger partial charge in [-0.25, -0.2) is 4.79 Å². The standard InChI is InChI=1S/C19H21N3O2/c23-19-20-17-7-6-16(12-18(17)21-19)24-11-3-9-22-10-8-14-4-1-2-5-15(14)13-22/h1-2,4-7,12H,3,8-11,13H2,(H2,20,21,23). The zero-order valence-electron chi connectivity index (χ0n) is 13.5. The number of rotatable bonds is 5. The van der Waals surface area contributed by atoms with Crippen molar-refractivity contribution < 1.29 is 4.74 Å². The van der Waals surface area contributed by atoms with Gasteiger partial charge in [-0.2, -0.15) is 0 Å². The molecule has 5 nitrogen and oxygen atoms in total. The highest BCUT2D eigenvalue weighted by Gasteiger charge is 2.14. The van der Waals surface area contributed by atoms with E-state index in [9.17, 15) is 4.79 Å². The number of hydrogen-bond acceptors (Lipinski definition) is 3. The lowest BCUT2D eigenvalue weighted by molar-refractivity contribution is 0.221. The molecule has 0 atom stereocenters. The molecule has 24 heavy (non-hydrogen) atoms. The quantitative estimate of drug-likeness (QED) is 0.710. The lowest BCUT2D eigenvalue weighted by Crippen LogP contribution is -2.31. The number of imidazole rings is 1. The van der Waals surface area contributed by atoms with Gasteiger partial charge in [-0.1, -0.05) is 24.3 Å². The van der Waals surface area contributed by atoms with E-state index < -0.39 is 0 Å². The molecule has 0 saturated carbocycles. The van der Waals surface area contributed by atoms with Crippen molar-refractivity contribution in [3.8, 4) is 5.75 Å². The predicted molar refractivity (Wildman–Crippen MR) is 94.5 cm³/mol. The number of nitrogens with one attached hydrogen (secondary N) is 2. The third-order valence-electron chi connectivity index (χ3n) is 4.58. The smallest absolute Gasteiger partial charge is 0.323 e. The Bertz CT molecular complexity index is 897. The van der Waals surface area contributed by atoms with Gasteiger partial charge in [0, 0.05) is 25.7 Å². The molecule has 0 aliphatic carbocycles. The molecule has 2 heterocycles. The summed E-state index contributed by atoms with van der Waals surface area (Å²) in [6.45, 7) is 3.87. The Hall–Kier alpha value is -2.53. The van der Waals surface area contributed by atoms with E-state index in [-0.39, 0.29) is 5.69 Å². The van der Waals surface area contributed by atoms with E-state index in [1.807, 2.05) is 18.2 Å². The zero-order chi connectivity index (χ0) is 16.4. The zero-order valence-corrected chi connectivity index (χ0v) is 13.5. The molecule has 1 aromatic heterocycles. The van der Waals surface area contributed by atoms with Crippen LogP contribution in [0.5, 0.6) is 5.75 Å². The Balaban J connectivity index is 1.28. The fourth-order valence-corrected chi connectivity index (χ4v) is 3.32. The van der Waals surface area contributed by atoms with Gasteiger partial charge in [-0.05, 0) is 36.1 Å². The monoisotopic (exact) mass is 323 g/mol. The molecule has 0 radical (unpaired) electrons. The first kappa shape index (κ1) is 15.0. The maximum Gasteiger partial charge on any atom is 0.323 e. The molecule has 0 unspecified atom stereocenters. The molecule has 3 aromatic rings. The van der Waals surface area contributed by atoms with Crippen molar-refractivity contribution in [1.29, 1.82) is 0 Å². The fraction of sp³-hybridized carbons (Fsp3) is 0.316. The molecular formula is C19H21N3O2. The molecule has 0 saturated heterocycles. The van der Waals surface area contributed by atoms with Gasteiger partial charge in [0.2, 0.25) is 0 Å². The van der Waals surface area contributed by atoms with Gasteiger partial charge in [0.05, 0.1) is 17.6 Å². The number of benzene rings is 2. The first-order valence-corrected chi connectivity index (χ1v) is 8.42. The van der Waals surface area contributed by atoms with E-state index in [4.69, 9.17) is 4.74 Å². The summed E-state index contributed by atoms with van der Waals surface area (Å²) in [7, 11) is 0. The maximum absolute atomic E-state index is 11.3. The molecule has 2 N–H and O–H groups in total. The average Bonchev–Trinajstić information content (AvgIpc) is 2.98. The van der Waals surface area contributed by atoms with E-state index in [1.54, 1.807) is 0 Å². The maximum atomic E-state index is 11.3. The number of nitrogens with zero attached hydrogens (tertiary/aromatic N) is 1. The summed E-state index contributed by atoms with van der Waals surface area (Å²) in [5, 5.41) is 0. The molecule has 0 spiro atoms. The normalized spacial score (nSPS) is 14.7. The highest BCUT2D eigenvalue weighted by atomic mass is 16.5. The molecule has 4 rings (SSSR count). The minimum atomic E-state index is -0.187. The van der Waals surface area contributed by atoms with E-state index >= 15 is 0 Å². The second-order valence-corrected chi connectivity index (χ2v) is 6.28. The van der Waals surface area contributed by atoms with Crippen LogP contribution in [-0.2, 0) is 13.0 Å². The molecule has 2 aromatic carbocycles. The summed E-state index contributed by atoms with van der Waals surface area (Å²) in [6.07, 6.45) is 2.12. The summed E-state index contributed by atoms with van der Waals surface area (Å²) < 4.78 is 5.82. The lowest BCUT2D eigenvalue weighted by atomic mass is 10.00. The number of aromatic nitrogens is 2. The van der Waals surface area contributed by atoms with Crippen LogP contribution in [0, 0.1) is 0 Å². The summed E-state index contributed by atoms with van der Waals surface area (Å²) in [4.78, 5) is 19.2. The number of hydrogen-bond donors (Lipinski definition) is 2. The van der Waals surface area contributed by atoms with E-state index in [1.165, 1.54) is 11.1 Å². The van der Waals surface area contributed by atoms with Crippen LogP contribution in [0.1, 0.15) is 17.5 Å². The van der Waals surface area contributed by atoms with Gasteiger partial charge in [0.25, 0.3) is 0 Å². The predicted octanol–water partition coefficient (Wildman–Crippen LogP) is 2.68. The average molecular weight is 323 g/mol. The third kappa shape index (κ3) is 3.21. The number of ether oxygens (including phenoxy) is 1. The Labute approximate surface area is 140 Å². The SMILES string of the molecule is O=c1[nH]c2ccc(OCCCN3CCc4ccccc4C3)cc2[nH]1. The Morgan fingerprint density at radius 1 is 1.04 bits per heavy atom. The molecule has 0 fully saturated rings. The Morgan fingerprint density at radius 3 is 2.79 bits per heavy atom. The van der Waals surface area contributed by atoms with Crippen LogP contribution in [0.15, 0.2) is 47.3 Å². The van der Waals surface area contributed by atoms with Crippen molar-refractivity contribution in [2.75, 3.05) is 19.7 Å². The van der Waals surface area contributed by atoms with Crippen LogP contribution >= 0.6 is 0 Å². The van der Waals surface area contributed by atoms with Crippen molar-refractivity contribution in [2.24, 2.45) is 0 Å². The summed E-state index contributed by atoms with van der Waals surface area (Å²) in [5.41, 5.74) is 4.34. The molecule has 1 aliphatic rings. The van der Waals surface area contributed by atoms with Crippen LogP contribution in [0.3, 0.4) is 0 Å². The Kier molecular flexibility index (Phi) is 4.09. The van der Waals surface area contributed by atoms with Crippen LogP contribution < -0.4 is 10.4 Å². The van der Waals surface area contributed by atoms with Crippen molar-refractivity contribution in [3.63, 3.8) is 0 Å². The summed E-state index contributed by atoms with van der Waals surface area (Å²) in [5.74, 6) is 0.793. The molecule has 0 amide bonds. The number of H-pyrrole nitrogens is 2. The van der Waals surface area contributed by atoms with E-state index in [0.29, 0.717) is 6.61 Å². The minimum Gasteiger partial charge on any atom is -0.493 e. The Morgan fingerprint density at radius 2 is 1.88 bits per heavy atom. The third-order valence-corrected chi connectivity index (χ3v) is 4.58. The topological polar surface area (TPSA) is 61.1 Å². The van der Waals surface area contributed by atoms with Crippen LogP contribution in [0.2, 0.25) is 0 Å². The summed E-state index contributed by atoms with van der Waals surface area (Å²) >= 11 is 0. The highest BCUT2D eigenvalue weighted by molar-refractivity contribution is 5.75. The van der Waals surface area contributed by atoms with Gasteiger partial charge < -0.3 is 14.7 Å². The second-order valence-electron chi connectivity index (χ2n) is 6.28. The first-order chi connectivity index (χ1) is 11.8. The minimum absolute atomic E-state index is 0.187. The molecule has 0 bridgehead atoms. The number of aromatic amines is 2. The molecule has 124 valence electrons. The van der Waals surface area contributed by atoms with Gasteiger partial charge >= 0.3 is 5.69 Å². The molecular weight excluding hydrogens is 302 g/mol. The van der Waals surface area contributed by atoms with Crippen LogP contribution in [-0.4, -0.2) is 34.6 Å². The first-order valence-electron chi connectivity index (χ1n) is 8.42. The van der Waals surface area contributed by atoms with Crippen LogP contribution in [0.25, 0.3) is 11.0 Å². The van der Waals surface area contributed by atoms with Gasteiger partial charge in [0.15, 0.2) is 0 Å². The number of fused-ring (bicyclic) bond motifs is 2. The van der Waals surface area contributed by atoms with Crippen molar-refractivity contribution in [2.45, 2.75) is 19.4 Å². The van der Waals surface area contributed by atoms with Gasteiger partial charge in [-0.15, -0.1) is 0 Å². The summed E-state index contributed by atoms with van der Waals surface area (Å²) in [6, 6.07) is 14.3. The van der Waals surface area contributed by atoms with E-state index in [0.717, 1.165) is 49.3 Å². The van der Waals surface area contributed by atoms with Gasteiger partial charge in [0.1, 0.15) is 5.75 Å². The van der Waals surface area contributed by atoms with Gasteiger partial charge in [-0.3, -0.25) is 4.90 Å². The largest absolute Gasteiger partial charge is 0.493 e. The van der Waals surface area contributed by atoms with Crippen molar-refractivity contribution >= 4 is 11.0 Å². The highest BCUT2D eigenvalue weighted by Crippen LogP contribution is 2.19. The lowest BCUT2D eigenvalue weighted by Gasteiger charge is -2.28. The van der Waals surface area contributed by atoms with E-state index in [2.05, 4.69) is 39.1 Å². The molecule has 1 aliphatic heterocycles. The van der Waals surface area contributed by atoms with Crippen molar-refractivity contribution in [1.82, 2.24) is 14.9 Å². The van der Waals surface area contributed by atoms with Crippen LogP contribution in [0.4, 0.5) is 0 Å². The molecule has 5 heteroatoms. The van der Waals surface area contributed by atoms with Crippen molar-refractivity contribution in [3.05, 3.63) is 64.1 Å². The second kappa shape index (κ2) is 6.53.